The van der Waals surface area contributed by atoms with Crippen LogP contribution in [0.25, 0.3) is 11.1 Å². The number of amides is 1. The summed E-state index contributed by atoms with van der Waals surface area (Å²) in [6.07, 6.45) is 5.55. The SMILES string of the molecule is CC(=O)Nc1cccc(-c2c[nH]nc2C2CCCCO2)c1C=O. The topological polar surface area (TPSA) is 84.1 Å². The Morgan fingerprint density at radius 2 is 2.26 bits per heavy atom. The van der Waals surface area contributed by atoms with Crippen LogP contribution in [-0.2, 0) is 9.53 Å². The number of anilines is 1. The molecule has 0 saturated carbocycles. The highest BCUT2D eigenvalue weighted by Crippen LogP contribution is 2.36. The lowest BCUT2D eigenvalue weighted by Gasteiger charge is -2.22. The summed E-state index contributed by atoms with van der Waals surface area (Å²) in [4.78, 5) is 22.9. The molecule has 0 aliphatic carbocycles. The van der Waals surface area contributed by atoms with Crippen molar-refractivity contribution in [2.45, 2.75) is 32.3 Å². The normalized spacial score (nSPS) is 17.7. The summed E-state index contributed by atoms with van der Waals surface area (Å²) in [6.45, 7) is 2.14. The van der Waals surface area contributed by atoms with E-state index in [4.69, 9.17) is 4.74 Å². The van der Waals surface area contributed by atoms with Gasteiger partial charge in [-0.25, -0.2) is 0 Å². The van der Waals surface area contributed by atoms with Gasteiger partial charge in [-0.2, -0.15) is 5.10 Å². The van der Waals surface area contributed by atoms with Crippen molar-refractivity contribution in [1.29, 1.82) is 0 Å². The molecule has 1 aromatic heterocycles. The van der Waals surface area contributed by atoms with Crippen molar-refractivity contribution in [3.05, 3.63) is 35.7 Å². The van der Waals surface area contributed by atoms with E-state index in [1.54, 1.807) is 12.3 Å². The number of carbonyl (C=O) groups excluding carboxylic acids is 2. The molecule has 1 atom stereocenters. The lowest BCUT2D eigenvalue weighted by atomic mass is 9.95. The third-order valence-electron chi connectivity index (χ3n) is 3.98. The summed E-state index contributed by atoms with van der Waals surface area (Å²) in [5, 5.41) is 9.90. The maximum absolute atomic E-state index is 11.6. The Morgan fingerprint density at radius 3 is 2.96 bits per heavy atom. The molecule has 120 valence electrons. The highest BCUT2D eigenvalue weighted by molar-refractivity contribution is 6.00. The Kier molecular flexibility index (Phi) is 4.52. The third-order valence-corrected chi connectivity index (χ3v) is 3.98. The summed E-state index contributed by atoms with van der Waals surface area (Å²) >= 11 is 0. The van der Waals surface area contributed by atoms with Gasteiger partial charge in [0.15, 0.2) is 6.29 Å². The molecule has 1 unspecified atom stereocenters. The van der Waals surface area contributed by atoms with Crippen molar-refractivity contribution in [2.24, 2.45) is 0 Å². The van der Waals surface area contributed by atoms with Crippen LogP contribution in [0.3, 0.4) is 0 Å². The number of benzene rings is 1. The van der Waals surface area contributed by atoms with Crippen LogP contribution in [0.1, 0.15) is 48.3 Å². The molecule has 2 heterocycles. The number of nitrogens with zero attached hydrogens (tertiary/aromatic N) is 1. The fraction of sp³-hybridized carbons (Fsp3) is 0.353. The molecule has 3 rings (SSSR count). The minimum absolute atomic E-state index is 0.0612. The molecule has 2 N–H and O–H groups in total. The molecule has 6 nitrogen and oxygen atoms in total. The van der Waals surface area contributed by atoms with Crippen LogP contribution in [0, 0.1) is 0 Å². The van der Waals surface area contributed by atoms with Crippen molar-refractivity contribution in [3.8, 4) is 11.1 Å². The summed E-state index contributed by atoms with van der Waals surface area (Å²) < 4.78 is 5.81. The van der Waals surface area contributed by atoms with Crippen molar-refractivity contribution in [1.82, 2.24) is 10.2 Å². The largest absolute Gasteiger partial charge is 0.372 e. The first-order valence-electron chi connectivity index (χ1n) is 7.72. The number of aldehydes is 1. The molecule has 0 radical (unpaired) electrons. The third kappa shape index (κ3) is 3.17. The monoisotopic (exact) mass is 313 g/mol. The van der Waals surface area contributed by atoms with Gasteiger partial charge in [-0.15, -0.1) is 0 Å². The molecule has 23 heavy (non-hydrogen) atoms. The lowest BCUT2D eigenvalue weighted by Crippen LogP contribution is -2.13. The van der Waals surface area contributed by atoms with Crippen LogP contribution < -0.4 is 5.32 Å². The Morgan fingerprint density at radius 1 is 1.39 bits per heavy atom. The second kappa shape index (κ2) is 6.75. The molecule has 1 saturated heterocycles. The smallest absolute Gasteiger partial charge is 0.221 e. The maximum Gasteiger partial charge on any atom is 0.221 e. The average Bonchev–Trinajstić information content (AvgIpc) is 3.04. The van der Waals surface area contributed by atoms with Gasteiger partial charge in [0.1, 0.15) is 6.10 Å². The molecular weight excluding hydrogens is 294 g/mol. The Labute approximate surface area is 134 Å². The molecule has 1 aromatic carbocycles. The number of ether oxygens (including phenoxy) is 1. The van der Waals surface area contributed by atoms with E-state index in [0.717, 1.165) is 49.0 Å². The molecule has 0 bridgehead atoms. The fourth-order valence-corrected chi connectivity index (χ4v) is 2.94. The van der Waals surface area contributed by atoms with Gasteiger partial charge in [0.2, 0.25) is 5.91 Å². The van der Waals surface area contributed by atoms with Crippen LogP contribution in [0.2, 0.25) is 0 Å². The number of carbonyl (C=O) groups is 2. The van der Waals surface area contributed by atoms with Crippen LogP contribution >= 0.6 is 0 Å². The van der Waals surface area contributed by atoms with Crippen molar-refractivity contribution < 1.29 is 14.3 Å². The lowest BCUT2D eigenvalue weighted by molar-refractivity contribution is -0.114. The highest BCUT2D eigenvalue weighted by Gasteiger charge is 2.24. The second-order valence-corrected chi connectivity index (χ2v) is 5.61. The first-order valence-corrected chi connectivity index (χ1v) is 7.72. The van der Waals surface area contributed by atoms with Gasteiger partial charge in [-0.1, -0.05) is 12.1 Å². The summed E-state index contributed by atoms with van der Waals surface area (Å²) in [5.74, 6) is -0.215. The Bertz CT molecular complexity index is 718. The minimum Gasteiger partial charge on any atom is -0.372 e. The molecule has 1 amide bonds. The van der Waals surface area contributed by atoms with E-state index in [0.29, 0.717) is 11.3 Å². The van der Waals surface area contributed by atoms with Gasteiger partial charge in [-0.3, -0.25) is 14.7 Å². The van der Waals surface area contributed by atoms with Crippen LogP contribution in [0.4, 0.5) is 5.69 Å². The van der Waals surface area contributed by atoms with E-state index in [2.05, 4.69) is 15.5 Å². The van der Waals surface area contributed by atoms with Gasteiger partial charge < -0.3 is 10.1 Å². The second-order valence-electron chi connectivity index (χ2n) is 5.61. The van der Waals surface area contributed by atoms with E-state index in [1.807, 2.05) is 12.1 Å². The van der Waals surface area contributed by atoms with Crippen molar-refractivity contribution in [3.63, 3.8) is 0 Å². The number of nitrogens with one attached hydrogen (secondary N) is 2. The van der Waals surface area contributed by atoms with E-state index in [9.17, 15) is 9.59 Å². The summed E-state index contributed by atoms with van der Waals surface area (Å²) in [7, 11) is 0. The average molecular weight is 313 g/mol. The molecule has 1 aliphatic rings. The van der Waals surface area contributed by atoms with Crippen LogP contribution in [0.15, 0.2) is 24.4 Å². The number of hydrogen-bond donors (Lipinski definition) is 2. The predicted molar refractivity (Wildman–Crippen MR) is 86.3 cm³/mol. The van der Waals surface area contributed by atoms with Gasteiger partial charge in [0.25, 0.3) is 0 Å². The Hall–Kier alpha value is -2.47. The maximum atomic E-state index is 11.6. The number of rotatable bonds is 4. The molecule has 6 heteroatoms. The zero-order chi connectivity index (χ0) is 16.2. The molecule has 1 aliphatic heterocycles. The molecule has 0 spiro atoms. The van der Waals surface area contributed by atoms with E-state index in [1.165, 1.54) is 6.92 Å². The molecular formula is C17H19N3O3. The van der Waals surface area contributed by atoms with E-state index < -0.39 is 0 Å². The van der Waals surface area contributed by atoms with Crippen molar-refractivity contribution in [2.75, 3.05) is 11.9 Å². The number of aromatic amines is 1. The number of H-pyrrole nitrogens is 1. The number of aromatic nitrogens is 2. The fourth-order valence-electron chi connectivity index (χ4n) is 2.94. The molecule has 2 aromatic rings. The van der Waals surface area contributed by atoms with Gasteiger partial charge in [-0.05, 0) is 30.9 Å². The Balaban J connectivity index is 2.03. The van der Waals surface area contributed by atoms with Crippen LogP contribution in [0.5, 0.6) is 0 Å². The summed E-state index contributed by atoms with van der Waals surface area (Å²) in [6, 6.07) is 5.38. The molecule has 1 fully saturated rings. The zero-order valence-electron chi connectivity index (χ0n) is 13.0. The quantitative estimate of drug-likeness (QED) is 0.850. The van der Waals surface area contributed by atoms with Crippen LogP contribution in [-0.4, -0.2) is 29.0 Å². The van der Waals surface area contributed by atoms with E-state index in [-0.39, 0.29) is 12.0 Å². The summed E-state index contributed by atoms with van der Waals surface area (Å²) in [5.41, 5.74) is 3.34. The zero-order valence-corrected chi connectivity index (χ0v) is 13.0. The first kappa shape index (κ1) is 15.4. The predicted octanol–water partition coefficient (Wildman–Crippen LogP) is 3.09. The minimum atomic E-state index is -0.215. The van der Waals surface area contributed by atoms with Gasteiger partial charge >= 0.3 is 0 Å². The standard InChI is InChI=1S/C17H19N3O3/c1-11(22)19-15-6-4-5-12(14(15)10-21)13-9-18-20-17(13)16-7-2-3-8-23-16/h4-6,9-10,16H,2-3,7-8H2,1H3,(H,18,20)(H,19,22). The van der Waals surface area contributed by atoms with Crippen molar-refractivity contribution >= 4 is 17.9 Å². The first-order chi connectivity index (χ1) is 11.2. The highest BCUT2D eigenvalue weighted by atomic mass is 16.5. The van der Waals surface area contributed by atoms with Gasteiger partial charge in [0.05, 0.1) is 11.4 Å². The van der Waals surface area contributed by atoms with Gasteiger partial charge in [0, 0.05) is 30.9 Å². The van der Waals surface area contributed by atoms with E-state index >= 15 is 0 Å². The number of hydrogen-bond acceptors (Lipinski definition) is 4.